The van der Waals surface area contributed by atoms with Gasteiger partial charge < -0.3 is 10.4 Å². The number of hydrogen-bond acceptors (Lipinski definition) is 5. The highest BCUT2D eigenvalue weighted by Gasteiger charge is 2.35. The minimum Gasteiger partial charge on any atom is -0.508 e. The number of carbonyl (C=O) groups excluding carboxylic acids is 2. The molecular weight excluding hydrogens is 410 g/mol. The zero-order chi connectivity index (χ0) is 20.5. The van der Waals surface area contributed by atoms with Crippen molar-refractivity contribution in [1.82, 2.24) is 0 Å². The van der Waals surface area contributed by atoms with Crippen LogP contribution < -0.4 is 5.32 Å². The van der Waals surface area contributed by atoms with Crippen LogP contribution in [0.1, 0.15) is 20.7 Å². The van der Waals surface area contributed by atoms with Gasteiger partial charge in [0.15, 0.2) is 0 Å². The van der Waals surface area contributed by atoms with Crippen LogP contribution in [0, 0.1) is 0 Å². The molecule has 0 saturated heterocycles. The molecule has 3 aromatic rings. The number of ketones is 2. The van der Waals surface area contributed by atoms with Gasteiger partial charge in [-0.2, -0.15) is 0 Å². The Kier molecular flexibility index (Phi) is 5.05. The van der Waals surface area contributed by atoms with Crippen LogP contribution in [0.5, 0.6) is 5.75 Å². The molecule has 0 heterocycles. The van der Waals surface area contributed by atoms with Crippen molar-refractivity contribution in [2.75, 3.05) is 5.32 Å². The van der Waals surface area contributed by atoms with Crippen molar-refractivity contribution in [1.29, 1.82) is 0 Å². The van der Waals surface area contributed by atoms with Crippen molar-refractivity contribution in [2.45, 2.75) is 4.90 Å². The predicted octanol–water partition coefficient (Wildman–Crippen LogP) is 4.56. The van der Waals surface area contributed by atoms with Gasteiger partial charge in [0, 0.05) is 26.7 Å². The molecule has 0 saturated carbocycles. The van der Waals surface area contributed by atoms with Crippen molar-refractivity contribution < 1.29 is 18.9 Å². The van der Waals surface area contributed by atoms with Crippen molar-refractivity contribution in [3.05, 3.63) is 99.5 Å². The molecule has 0 amide bonds. The van der Waals surface area contributed by atoms with Crippen molar-refractivity contribution in [2.24, 2.45) is 0 Å². The van der Waals surface area contributed by atoms with E-state index in [1.54, 1.807) is 48.5 Å². The Hall–Kier alpha value is -3.22. The molecule has 144 valence electrons. The monoisotopic (exact) mass is 423 g/mol. The first-order chi connectivity index (χ1) is 14.0. The third-order valence-corrected chi connectivity index (χ3v) is 6.14. The molecule has 0 spiro atoms. The van der Waals surface area contributed by atoms with E-state index in [0.717, 1.165) is 0 Å². The van der Waals surface area contributed by atoms with Gasteiger partial charge in [-0.25, -0.2) is 4.21 Å². The zero-order valence-corrected chi connectivity index (χ0v) is 16.5. The number of Topliss-reactive ketones (excluding diaryl/α,β-unsaturated/α-hetero) is 2. The van der Waals surface area contributed by atoms with Crippen molar-refractivity contribution in [3.63, 3.8) is 0 Å². The normalized spacial score (nSPS) is 14.5. The number of allylic oxidation sites excluding steroid dienone is 2. The second-order valence-electron chi connectivity index (χ2n) is 6.30. The second kappa shape index (κ2) is 7.66. The molecule has 4 rings (SSSR count). The lowest BCUT2D eigenvalue weighted by Gasteiger charge is -2.21. The Morgan fingerprint density at radius 1 is 0.793 bits per heavy atom. The Bertz CT molecular complexity index is 1180. The van der Waals surface area contributed by atoms with E-state index >= 15 is 0 Å². The molecule has 3 aromatic carbocycles. The predicted molar refractivity (Wildman–Crippen MR) is 112 cm³/mol. The standard InChI is InChI=1S/C22H14ClNO4S/c23-13-5-7-14(8-6-13)24-19-20(26)17-3-1-2-4-18(17)21(27)22(19)29(28)16-11-9-15(25)10-12-16/h1-12,24-25H. The molecule has 0 bridgehead atoms. The third kappa shape index (κ3) is 3.60. The fraction of sp³-hybridized carbons (Fsp3) is 0. The summed E-state index contributed by atoms with van der Waals surface area (Å²) in [5.41, 5.74) is 0.953. The number of phenolic OH excluding ortho intramolecular Hbond substituents is 1. The van der Waals surface area contributed by atoms with E-state index in [0.29, 0.717) is 15.6 Å². The molecule has 1 unspecified atom stereocenters. The first-order valence-corrected chi connectivity index (χ1v) is 10.1. The van der Waals surface area contributed by atoms with Gasteiger partial charge in [-0.15, -0.1) is 0 Å². The molecule has 29 heavy (non-hydrogen) atoms. The number of rotatable bonds is 4. The molecule has 7 heteroatoms. The lowest BCUT2D eigenvalue weighted by Crippen LogP contribution is -2.28. The van der Waals surface area contributed by atoms with Gasteiger partial charge in [0.05, 0.1) is 10.8 Å². The molecule has 1 aliphatic carbocycles. The number of hydrogen-bond donors (Lipinski definition) is 2. The lowest BCUT2D eigenvalue weighted by atomic mass is 9.92. The first kappa shape index (κ1) is 19.1. The Morgan fingerprint density at radius 3 is 2.00 bits per heavy atom. The van der Waals surface area contributed by atoms with Gasteiger partial charge in [0.25, 0.3) is 0 Å². The molecule has 0 aliphatic heterocycles. The van der Waals surface area contributed by atoms with E-state index in [-0.39, 0.29) is 27.5 Å². The highest BCUT2D eigenvalue weighted by molar-refractivity contribution is 7.90. The Balaban J connectivity index is 1.87. The summed E-state index contributed by atoms with van der Waals surface area (Å²) in [5.74, 6) is -0.893. The van der Waals surface area contributed by atoms with E-state index in [1.165, 1.54) is 24.3 Å². The molecule has 1 aliphatic rings. The minimum atomic E-state index is -1.93. The first-order valence-electron chi connectivity index (χ1n) is 8.62. The van der Waals surface area contributed by atoms with Crippen LogP contribution in [-0.4, -0.2) is 20.9 Å². The van der Waals surface area contributed by atoms with E-state index in [2.05, 4.69) is 5.32 Å². The topological polar surface area (TPSA) is 83.5 Å². The molecule has 0 aromatic heterocycles. The summed E-state index contributed by atoms with van der Waals surface area (Å²) in [6, 6.07) is 18.7. The van der Waals surface area contributed by atoms with Gasteiger partial charge in [0.2, 0.25) is 11.6 Å². The Morgan fingerprint density at radius 2 is 1.38 bits per heavy atom. The maximum absolute atomic E-state index is 13.3. The number of benzene rings is 3. The van der Waals surface area contributed by atoms with Crippen molar-refractivity contribution >= 4 is 39.7 Å². The number of aromatic hydroxyl groups is 1. The van der Waals surface area contributed by atoms with Crippen molar-refractivity contribution in [3.8, 4) is 5.75 Å². The fourth-order valence-electron chi connectivity index (χ4n) is 3.01. The van der Waals surface area contributed by atoms with Crippen LogP contribution in [0.15, 0.2) is 88.3 Å². The average molecular weight is 424 g/mol. The number of fused-ring (bicyclic) bond motifs is 1. The van der Waals surface area contributed by atoms with Crippen LogP contribution in [0.25, 0.3) is 0 Å². The Labute approximate surface area is 174 Å². The van der Waals surface area contributed by atoms with E-state index in [9.17, 15) is 18.9 Å². The maximum atomic E-state index is 13.3. The molecule has 0 fully saturated rings. The van der Waals surface area contributed by atoms with Crippen LogP contribution in [0.3, 0.4) is 0 Å². The molecule has 0 radical (unpaired) electrons. The lowest BCUT2D eigenvalue weighted by molar-refractivity contribution is 0.0982. The van der Waals surface area contributed by atoms with Gasteiger partial charge in [0.1, 0.15) is 16.4 Å². The smallest absolute Gasteiger partial charge is 0.211 e. The summed E-state index contributed by atoms with van der Waals surface area (Å²) < 4.78 is 13.3. The SMILES string of the molecule is O=C1C(Nc2ccc(Cl)cc2)=C(S(=O)c2ccc(O)cc2)C(=O)c2ccccc21. The van der Waals surface area contributed by atoms with Gasteiger partial charge in [-0.3, -0.25) is 9.59 Å². The minimum absolute atomic E-state index is 0.00985. The van der Waals surface area contributed by atoms with E-state index < -0.39 is 22.4 Å². The zero-order valence-electron chi connectivity index (χ0n) is 14.9. The molecule has 2 N–H and O–H groups in total. The van der Waals surface area contributed by atoms with Crippen LogP contribution in [-0.2, 0) is 10.8 Å². The number of anilines is 1. The molecule has 5 nitrogen and oxygen atoms in total. The van der Waals surface area contributed by atoms with Gasteiger partial charge >= 0.3 is 0 Å². The van der Waals surface area contributed by atoms with Crippen LogP contribution >= 0.6 is 11.6 Å². The second-order valence-corrected chi connectivity index (χ2v) is 8.16. The maximum Gasteiger partial charge on any atom is 0.211 e. The summed E-state index contributed by atoms with van der Waals surface area (Å²) in [6.07, 6.45) is 0. The quantitative estimate of drug-likeness (QED) is 0.642. The summed E-state index contributed by atoms with van der Waals surface area (Å²) in [6.45, 7) is 0. The average Bonchev–Trinajstić information content (AvgIpc) is 2.73. The van der Waals surface area contributed by atoms with Crippen LogP contribution in [0.4, 0.5) is 5.69 Å². The largest absolute Gasteiger partial charge is 0.508 e. The summed E-state index contributed by atoms with van der Waals surface area (Å²) in [4.78, 5) is 26.5. The highest BCUT2D eigenvalue weighted by atomic mass is 35.5. The van der Waals surface area contributed by atoms with E-state index in [1.807, 2.05) is 0 Å². The van der Waals surface area contributed by atoms with E-state index in [4.69, 9.17) is 11.6 Å². The third-order valence-electron chi connectivity index (χ3n) is 4.43. The fourth-order valence-corrected chi connectivity index (χ4v) is 4.36. The number of carbonyl (C=O) groups is 2. The summed E-state index contributed by atoms with van der Waals surface area (Å²) in [7, 11) is -1.93. The van der Waals surface area contributed by atoms with Gasteiger partial charge in [-0.1, -0.05) is 35.9 Å². The number of halogens is 1. The summed E-state index contributed by atoms with van der Waals surface area (Å²) in [5, 5.41) is 13.0. The number of nitrogens with one attached hydrogen (secondary N) is 1. The van der Waals surface area contributed by atoms with Gasteiger partial charge in [-0.05, 0) is 48.5 Å². The van der Waals surface area contributed by atoms with Crippen LogP contribution in [0.2, 0.25) is 5.02 Å². The highest BCUT2D eigenvalue weighted by Crippen LogP contribution is 2.32. The molecule has 1 atom stereocenters. The summed E-state index contributed by atoms with van der Waals surface area (Å²) >= 11 is 5.92. The molecular formula is C22H14ClNO4S. The number of phenols is 1.